The van der Waals surface area contributed by atoms with Gasteiger partial charge < -0.3 is 9.97 Å². The molecule has 0 radical (unpaired) electrons. The molecule has 0 amide bonds. The number of carbonyl (C=O) groups is 1. The van der Waals surface area contributed by atoms with Crippen LogP contribution in [0.2, 0.25) is 0 Å². The zero-order valence-corrected chi connectivity index (χ0v) is 5.22. The first-order chi connectivity index (χ1) is 4.90. The second kappa shape index (κ2) is 1.73. The summed E-state index contributed by atoms with van der Waals surface area (Å²) in [5, 5.41) is 1.04. The highest BCUT2D eigenvalue weighted by Gasteiger charge is 1.97. The Labute approximate surface area is 57.1 Å². The maximum Gasteiger partial charge on any atom is 0.166 e. The SMILES string of the molecule is O=Cc1cc2cc[nH]c2[nH]1. The second-order valence-electron chi connectivity index (χ2n) is 2.15. The topological polar surface area (TPSA) is 48.6 Å². The summed E-state index contributed by atoms with van der Waals surface area (Å²) in [5.41, 5.74) is 1.52. The molecule has 0 saturated heterocycles. The molecule has 3 nitrogen and oxygen atoms in total. The molecule has 2 N–H and O–H groups in total. The summed E-state index contributed by atoms with van der Waals surface area (Å²) in [6.07, 6.45) is 2.63. The van der Waals surface area contributed by atoms with E-state index in [0.29, 0.717) is 5.69 Å². The van der Waals surface area contributed by atoms with Crippen LogP contribution in [-0.2, 0) is 0 Å². The van der Waals surface area contributed by atoms with Gasteiger partial charge in [-0.25, -0.2) is 0 Å². The van der Waals surface area contributed by atoms with E-state index < -0.39 is 0 Å². The first-order valence-electron chi connectivity index (χ1n) is 3.01. The van der Waals surface area contributed by atoms with Gasteiger partial charge in [0.05, 0.1) is 5.69 Å². The van der Waals surface area contributed by atoms with Crippen LogP contribution in [0.1, 0.15) is 10.5 Å². The molecule has 3 heteroatoms. The molecule has 10 heavy (non-hydrogen) atoms. The summed E-state index contributed by atoms with van der Waals surface area (Å²) in [6, 6.07) is 3.72. The van der Waals surface area contributed by atoms with Gasteiger partial charge in [0.1, 0.15) is 5.65 Å². The summed E-state index contributed by atoms with van der Waals surface area (Å²) in [4.78, 5) is 16.1. The third-order valence-corrected chi connectivity index (χ3v) is 1.49. The molecule has 2 aromatic rings. The molecule has 2 rings (SSSR count). The summed E-state index contributed by atoms with van der Waals surface area (Å²) < 4.78 is 0. The lowest BCUT2D eigenvalue weighted by Gasteiger charge is -1.75. The minimum absolute atomic E-state index is 0.613. The fourth-order valence-corrected chi connectivity index (χ4v) is 1.02. The zero-order chi connectivity index (χ0) is 6.97. The van der Waals surface area contributed by atoms with Crippen molar-refractivity contribution in [1.29, 1.82) is 0 Å². The van der Waals surface area contributed by atoms with Crippen LogP contribution in [-0.4, -0.2) is 16.3 Å². The molecule has 0 aliphatic heterocycles. The van der Waals surface area contributed by atoms with Crippen molar-refractivity contribution >= 4 is 17.3 Å². The predicted octanol–water partition coefficient (Wildman–Crippen LogP) is 1.31. The van der Waals surface area contributed by atoms with Gasteiger partial charge in [-0.1, -0.05) is 0 Å². The lowest BCUT2D eigenvalue weighted by atomic mass is 10.4. The lowest BCUT2D eigenvalue weighted by molar-refractivity contribution is 0.112. The molecule has 0 atom stereocenters. The smallest absolute Gasteiger partial charge is 0.166 e. The monoisotopic (exact) mass is 134 g/mol. The van der Waals surface area contributed by atoms with E-state index in [4.69, 9.17) is 0 Å². The van der Waals surface area contributed by atoms with Gasteiger partial charge in [0.15, 0.2) is 6.29 Å². The molecule has 0 bridgehead atoms. The Morgan fingerprint density at radius 1 is 1.50 bits per heavy atom. The van der Waals surface area contributed by atoms with Crippen molar-refractivity contribution in [3.05, 3.63) is 24.0 Å². The van der Waals surface area contributed by atoms with Crippen LogP contribution in [0.15, 0.2) is 18.3 Å². The molecule has 0 saturated carbocycles. The van der Waals surface area contributed by atoms with Gasteiger partial charge in [-0.05, 0) is 12.1 Å². The number of carbonyl (C=O) groups excluding carboxylic acids is 1. The van der Waals surface area contributed by atoms with Crippen LogP contribution in [0, 0.1) is 0 Å². The third-order valence-electron chi connectivity index (χ3n) is 1.49. The molecule has 0 unspecified atom stereocenters. The van der Waals surface area contributed by atoms with Crippen LogP contribution < -0.4 is 0 Å². The van der Waals surface area contributed by atoms with Gasteiger partial charge in [-0.3, -0.25) is 4.79 Å². The molecular formula is C7H6N2O. The van der Waals surface area contributed by atoms with Crippen LogP contribution >= 0.6 is 0 Å². The number of nitrogens with one attached hydrogen (secondary N) is 2. The van der Waals surface area contributed by atoms with Gasteiger partial charge >= 0.3 is 0 Å². The number of H-pyrrole nitrogens is 2. The summed E-state index contributed by atoms with van der Waals surface area (Å²) >= 11 is 0. The van der Waals surface area contributed by atoms with Gasteiger partial charge in [0.2, 0.25) is 0 Å². The highest BCUT2D eigenvalue weighted by Crippen LogP contribution is 2.10. The van der Waals surface area contributed by atoms with Gasteiger partial charge in [-0.2, -0.15) is 0 Å². The first kappa shape index (κ1) is 5.29. The van der Waals surface area contributed by atoms with Crippen molar-refractivity contribution in [3.63, 3.8) is 0 Å². The van der Waals surface area contributed by atoms with Crippen LogP contribution in [0.25, 0.3) is 11.0 Å². The molecule has 50 valence electrons. The zero-order valence-electron chi connectivity index (χ0n) is 5.22. The minimum Gasteiger partial charge on any atom is -0.348 e. The number of aldehydes is 1. The Hall–Kier alpha value is -1.51. The van der Waals surface area contributed by atoms with E-state index in [1.54, 1.807) is 6.07 Å². The minimum atomic E-state index is 0.613. The van der Waals surface area contributed by atoms with Crippen LogP contribution in [0.5, 0.6) is 0 Å². The van der Waals surface area contributed by atoms with Crippen LogP contribution in [0.3, 0.4) is 0 Å². The Bertz CT molecular complexity index is 330. The molecule has 0 aliphatic rings. The van der Waals surface area contributed by atoms with E-state index in [2.05, 4.69) is 9.97 Å². The third kappa shape index (κ3) is 0.572. The highest BCUT2D eigenvalue weighted by molar-refractivity contribution is 5.85. The number of hydrogen-bond acceptors (Lipinski definition) is 1. The molecule has 0 fully saturated rings. The number of aromatic nitrogens is 2. The number of aromatic amines is 2. The van der Waals surface area contributed by atoms with Crippen molar-refractivity contribution in [3.8, 4) is 0 Å². The predicted molar refractivity (Wildman–Crippen MR) is 38.0 cm³/mol. The highest BCUT2D eigenvalue weighted by atomic mass is 16.1. The number of rotatable bonds is 1. The van der Waals surface area contributed by atoms with Gasteiger partial charge in [0, 0.05) is 11.6 Å². The quantitative estimate of drug-likeness (QED) is 0.567. The summed E-state index contributed by atoms with van der Waals surface area (Å²) in [5.74, 6) is 0. The maximum absolute atomic E-state index is 10.2. The van der Waals surface area contributed by atoms with Crippen molar-refractivity contribution < 1.29 is 4.79 Å². The molecule has 2 aromatic heterocycles. The largest absolute Gasteiger partial charge is 0.348 e. The van der Waals surface area contributed by atoms with Crippen molar-refractivity contribution in [2.45, 2.75) is 0 Å². The maximum atomic E-state index is 10.2. The summed E-state index contributed by atoms with van der Waals surface area (Å²) in [6.45, 7) is 0. The average molecular weight is 134 g/mol. The Balaban J connectivity index is 2.78. The molecule has 0 spiro atoms. The van der Waals surface area contributed by atoms with Crippen molar-refractivity contribution in [2.24, 2.45) is 0 Å². The van der Waals surface area contributed by atoms with E-state index in [1.807, 2.05) is 12.3 Å². The van der Waals surface area contributed by atoms with Crippen molar-refractivity contribution in [2.75, 3.05) is 0 Å². The second-order valence-corrected chi connectivity index (χ2v) is 2.15. The lowest BCUT2D eigenvalue weighted by Crippen LogP contribution is -1.75. The molecule has 2 heterocycles. The van der Waals surface area contributed by atoms with E-state index in [0.717, 1.165) is 17.3 Å². The fourth-order valence-electron chi connectivity index (χ4n) is 1.02. The molecular weight excluding hydrogens is 128 g/mol. The van der Waals surface area contributed by atoms with E-state index in [9.17, 15) is 4.79 Å². The molecule has 0 aliphatic carbocycles. The Morgan fingerprint density at radius 2 is 2.40 bits per heavy atom. The Kier molecular flexibility index (Phi) is 0.917. The van der Waals surface area contributed by atoms with E-state index in [-0.39, 0.29) is 0 Å². The molecule has 0 aromatic carbocycles. The van der Waals surface area contributed by atoms with Crippen LogP contribution in [0.4, 0.5) is 0 Å². The normalized spacial score (nSPS) is 10.4. The van der Waals surface area contributed by atoms with E-state index in [1.165, 1.54) is 0 Å². The standard InChI is InChI=1S/C7H6N2O/c10-4-6-3-5-1-2-8-7(5)9-6/h1-4,8-9H. The number of fused-ring (bicyclic) bond motifs is 1. The van der Waals surface area contributed by atoms with E-state index >= 15 is 0 Å². The first-order valence-corrected chi connectivity index (χ1v) is 3.01. The number of hydrogen-bond donors (Lipinski definition) is 2. The fraction of sp³-hybridized carbons (Fsp3) is 0. The summed E-state index contributed by atoms with van der Waals surface area (Å²) in [7, 11) is 0. The Morgan fingerprint density at radius 3 is 3.10 bits per heavy atom. The van der Waals surface area contributed by atoms with Gasteiger partial charge in [-0.15, -0.1) is 0 Å². The van der Waals surface area contributed by atoms with Crippen molar-refractivity contribution in [1.82, 2.24) is 9.97 Å². The van der Waals surface area contributed by atoms with Gasteiger partial charge in [0.25, 0.3) is 0 Å². The average Bonchev–Trinajstić information content (AvgIpc) is 2.42.